The zero-order valence-corrected chi connectivity index (χ0v) is 12.6. The van der Waals surface area contributed by atoms with E-state index in [1.807, 2.05) is 17.5 Å². The maximum Gasteiger partial charge on any atom is 0.227 e. The molecule has 0 amide bonds. The number of ether oxygens (including phenoxy) is 1. The lowest BCUT2D eigenvalue weighted by atomic mass is 10.2. The highest BCUT2D eigenvalue weighted by Crippen LogP contribution is 2.21. The van der Waals surface area contributed by atoms with E-state index in [4.69, 9.17) is 9.26 Å². The molecule has 1 fully saturated rings. The van der Waals surface area contributed by atoms with Gasteiger partial charge in [-0.05, 0) is 24.4 Å². The van der Waals surface area contributed by atoms with E-state index in [1.54, 1.807) is 11.3 Å². The van der Waals surface area contributed by atoms with Gasteiger partial charge in [0.1, 0.15) is 0 Å². The van der Waals surface area contributed by atoms with Crippen molar-refractivity contribution in [2.45, 2.75) is 18.9 Å². The first-order valence-corrected chi connectivity index (χ1v) is 8.04. The van der Waals surface area contributed by atoms with Gasteiger partial charge in [0.2, 0.25) is 11.7 Å². The third kappa shape index (κ3) is 3.68. The summed E-state index contributed by atoms with van der Waals surface area (Å²) in [4.78, 5) is 7.70. The highest BCUT2D eigenvalue weighted by molar-refractivity contribution is 7.13. The van der Waals surface area contributed by atoms with Gasteiger partial charge in [0.05, 0.1) is 30.7 Å². The van der Waals surface area contributed by atoms with Crippen LogP contribution >= 0.6 is 11.3 Å². The fourth-order valence-corrected chi connectivity index (χ4v) is 3.10. The Morgan fingerprint density at radius 2 is 2.43 bits per heavy atom. The molecule has 1 atom stereocenters. The Labute approximate surface area is 127 Å². The molecule has 0 aromatic carbocycles. The number of aryl methyl sites for hydroxylation is 1. The minimum absolute atomic E-state index is 0.114. The summed E-state index contributed by atoms with van der Waals surface area (Å²) >= 11 is 1.60. The van der Waals surface area contributed by atoms with Gasteiger partial charge in [-0.2, -0.15) is 4.98 Å². The summed E-state index contributed by atoms with van der Waals surface area (Å²) in [7, 11) is 0. The van der Waals surface area contributed by atoms with Crippen molar-refractivity contribution in [3.8, 4) is 10.7 Å². The number of rotatable bonds is 6. The monoisotopic (exact) mass is 309 g/mol. The normalized spacial score (nSPS) is 20.0. The van der Waals surface area contributed by atoms with Crippen LogP contribution < -0.4 is 0 Å². The second-order valence-corrected chi connectivity index (χ2v) is 5.99. The quantitative estimate of drug-likeness (QED) is 0.870. The molecule has 0 bridgehead atoms. The lowest BCUT2D eigenvalue weighted by Gasteiger charge is -2.34. The Morgan fingerprint density at radius 1 is 1.48 bits per heavy atom. The highest BCUT2D eigenvalue weighted by Gasteiger charge is 2.21. The summed E-state index contributed by atoms with van der Waals surface area (Å²) in [6, 6.07) is 4.07. The molecule has 1 aliphatic heterocycles. The molecule has 1 aliphatic rings. The molecule has 0 aliphatic carbocycles. The van der Waals surface area contributed by atoms with Crippen molar-refractivity contribution in [2.24, 2.45) is 0 Å². The molecule has 2 aromatic heterocycles. The van der Waals surface area contributed by atoms with Gasteiger partial charge in [-0.1, -0.05) is 11.2 Å². The largest absolute Gasteiger partial charge is 0.395 e. The molecule has 1 N–H and O–H groups in total. The summed E-state index contributed by atoms with van der Waals surface area (Å²) in [5.41, 5.74) is 0. The molecular formula is C14H19N3O3S. The third-order valence-corrected chi connectivity index (χ3v) is 4.47. The van der Waals surface area contributed by atoms with Gasteiger partial charge in [-0.25, -0.2) is 0 Å². The van der Waals surface area contributed by atoms with Crippen molar-refractivity contribution in [3.63, 3.8) is 0 Å². The standard InChI is InChI=1S/C14H19N3O3S/c18-9-11-10-19-7-6-17(11)5-1-4-13-15-14(16-20-13)12-3-2-8-21-12/h2-3,8,11,18H,1,4-7,9-10H2. The molecule has 21 heavy (non-hydrogen) atoms. The van der Waals surface area contributed by atoms with Crippen LogP contribution in [0.2, 0.25) is 0 Å². The van der Waals surface area contributed by atoms with E-state index < -0.39 is 0 Å². The van der Waals surface area contributed by atoms with Crippen molar-refractivity contribution in [2.75, 3.05) is 32.9 Å². The van der Waals surface area contributed by atoms with Gasteiger partial charge in [-0.15, -0.1) is 11.3 Å². The number of aliphatic hydroxyl groups excluding tert-OH is 1. The van der Waals surface area contributed by atoms with Crippen LogP contribution in [-0.2, 0) is 11.2 Å². The predicted octanol–water partition coefficient (Wildman–Crippen LogP) is 1.42. The van der Waals surface area contributed by atoms with Gasteiger partial charge in [0.25, 0.3) is 0 Å². The van der Waals surface area contributed by atoms with E-state index in [0.29, 0.717) is 18.3 Å². The smallest absolute Gasteiger partial charge is 0.227 e. The second-order valence-electron chi connectivity index (χ2n) is 5.04. The predicted molar refractivity (Wildman–Crippen MR) is 79.2 cm³/mol. The number of hydrogen-bond donors (Lipinski definition) is 1. The molecule has 0 saturated carbocycles. The maximum atomic E-state index is 9.33. The molecule has 6 nitrogen and oxygen atoms in total. The average Bonchev–Trinajstić information content (AvgIpc) is 3.18. The number of aliphatic hydroxyl groups is 1. The Kier molecular flexibility index (Phi) is 4.97. The lowest BCUT2D eigenvalue weighted by Crippen LogP contribution is -2.47. The molecule has 7 heteroatoms. The second kappa shape index (κ2) is 7.13. The first-order valence-electron chi connectivity index (χ1n) is 7.16. The van der Waals surface area contributed by atoms with E-state index in [1.165, 1.54) is 0 Å². The number of hydrogen-bond acceptors (Lipinski definition) is 7. The maximum absolute atomic E-state index is 9.33. The first-order chi connectivity index (χ1) is 10.4. The topological polar surface area (TPSA) is 71.6 Å². The van der Waals surface area contributed by atoms with E-state index >= 15 is 0 Å². The Balaban J connectivity index is 1.49. The SMILES string of the molecule is OCC1COCCN1CCCc1nc(-c2cccs2)no1. The van der Waals surface area contributed by atoms with Gasteiger partial charge >= 0.3 is 0 Å². The van der Waals surface area contributed by atoms with Gasteiger partial charge < -0.3 is 14.4 Å². The van der Waals surface area contributed by atoms with E-state index in [-0.39, 0.29) is 12.6 Å². The van der Waals surface area contributed by atoms with E-state index in [9.17, 15) is 5.11 Å². The van der Waals surface area contributed by atoms with Crippen molar-refractivity contribution >= 4 is 11.3 Å². The number of nitrogens with zero attached hydrogens (tertiary/aromatic N) is 3. The zero-order valence-electron chi connectivity index (χ0n) is 11.8. The summed E-state index contributed by atoms with van der Waals surface area (Å²) in [5, 5.41) is 15.3. The van der Waals surface area contributed by atoms with Crippen LogP contribution in [0, 0.1) is 0 Å². The summed E-state index contributed by atoms with van der Waals surface area (Å²) < 4.78 is 10.7. The van der Waals surface area contributed by atoms with E-state index in [2.05, 4.69) is 15.0 Å². The lowest BCUT2D eigenvalue weighted by molar-refractivity contribution is -0.0277. The van der Waals surface area contributed by atoms with Crippen molar-refractivity contribution in [1.82, 2.24) is 15.0 Å². The third-order valence-electron chi connectivity index (χ3n) is 3.61. The molecule has 3 rings (SSSR count). The zero-order chi connectivity index (χ0) is 14.5. The van der Waals surface area contributed by atoms with Gasteiger partial charge in [0, 0.05) is 13.0 Å². The summed E-state index contributed by atoms with van der Waals surface area (Å²) in [6.45, 7) is 3.27. The van der Waals surface area contributed by atoms with Crippen LogP contribution in [-0.4, -0.2) is 59.1 Å². The van der Waals surface area contributed by atoms with Crippen LogP contribution in [0.4, 0.5) is 0 Å². The van der Waals surface area contributed by atoms with Crippen LogP contribution in [0.5, 0.6) is 0 Å². The van der Waals surface area contributed by atoms with Crippen molar-refractivity contribution < 1.29 is 14.4 Å². The summed E-state index contributed by atoms with van der Waals surface area (Å²) in [5.74, 6) is 1.34. The molecule has 1 unspecified atom stereocenters. The number of aromatic nitrogens is 2. The Hall–Kier alpha value is -1.28. The molecular weight excluding hydrogens is 290 g/mol. The number of morpholine rings is 1. The fourth-order valence-electron chi connectivity index (χ4n) is 2.45. The minimum atomic E-state index is 0.114. The Morgan fingerprint density at radius 3 is 3.24 bits per heavy atom. The van der Waals surface area contributed by atoms with Crippen molar-refractivity contribution in [1.29, 1.82) is 0 Å². The molecule has 3 heterocycles. The van der Waals surface area contributed by atoms with Gasteiger partial charge in [-0.3, -0.25) is 4.90 Å². The molecule has 0 spiro atoms. The van der Waals surface area contributed by atoms with Crippen LogP contribution in [0.15, 0.2) is 22.0 Å². The average molecular weight is 309 g/mol. The van der Waals surface area contributed by atoms with Gasteiger partial charge in [0.15, 0.2) is 0 Å². The molecule has 1 saturated heterocycles. The molecule has 0 radical (unpaired) electrons. The van der Waals surface area contributed by atoms with Crippen LogP contribution in [0.1, 0.15) is 12.3 Å². The minimum Gasteiger partial charge on any atom is -0.395 e. The number of thiophene rings is 1. The molecule has 2 aromatic rings. The highest BCUT2D eigenvalue weighted by atomic mass is 32.1. The summed E-state index contributed by atoms with van der Waals surface area (Å²) in [6.07, 6.45) is 1.69. The van der Waals surface area contributed by atoms with E-state index in [0.717, 1.165) is 37.4 Å². The van der Waals surface area contributed by atoms with Crippen LogP contribution in [0.3, 0.4) is 0 Å². The molecule has 114 valence electrons. The Bertz CT molecular complexity index is 543. The van der Waals surface area contributed by atoms with Crippen LogP contribution in [0.25, 0.3) is 10.7 Å². The fraction of sp³-hybridized carbons (Fsp3) is 0.571. The first kappa shape index (κ1) is 14.6. The van der Waals surface area contributed by atoms with Crippen molar-refractivity contribution in [3.05, 3.63) is 23.4 Å².